The van der Waals surface area contributed by atoms with Gasteiger partial charge in [-0.2, -0.15) is 0 Å². The van der Waals surface area contributed by atoms with Gasteiger partial charge >= 0.3 is 0 Å². The van der Waals surface area contributed by atoms with Crippen LogP contribution >= 0.6 is 11.8 Å². The maximum Gasteiger partial charge on any atom is 0.165 e. The van der Waals surface area contributed by atoms with Gasteiger partial charge in [-0.1, -0.05) is 31.1 Å². The SMILES string of the molecule is CCC(CC)C(=O)c1ccc(SCc2c(C)noc2C)cc1. The van der Waals surface area contributed by atoms with E-state index in [1.807, 2.05) is 38.1 Å². The van der Waals surface area contributed by atoms with Gasteiger partial charge in [0.2, 0.25) is 0 Å². The molecule has 22 heavy (non-hydrogen) atoms. The summed E-state index contributed by atoms with van der Waals surface area (Å²) in [5, 5.41) is 3.97. The Labute approximate surface area is 136 Å². The van der Waals surface area contributed by atoms with Gasteiger partial charge in [-0.05, 0) is 38.8 Å². The van der Waals surface area contributed by atoms with Crippen molar-refractivity contribution in [3.05, 3.63) is 46.8 Å². The van der Waals surface area contributed by atoms with E-state index >= 15 is 0 Å². The number of nitrogens with zero attached hydrogens (tertiary/aromatic N) is 1. The molecule has 0 saturated carbocycles. The molecule has 0 aliphatic heterocycles. The average Bonchev–Trinajstić information content (AvgIpc) is 2.85. The van der Waals surface area contributed by atoms with E-state index in [2.05, 4.69) is 19.0 Å². The maximum absolute atomic E-state index is 12.3. The van der Waals surface area contributed by atoms with Crippen LogP contribution in [-0.2, 0) is 5.75 Å². The third-order valence-corrected chi connectivity index (χ3v) is 5.10. The molecule has 0 unspecified atom stereocenters. The minimum absolute atomic E-state index is 0.140. The first-order chi connectivity index (χ1) is 10.6. The number of thioether (sulfide) groups is 1. The van der Waals surface area contributed by atoms with Crippen LogP contribution in [0.25, 0.3) is 0 Å². The van der Waals surface area contributed by atoms with E-state index in [0.29, 0.717) is 0 Å². The molecule has 2 rings (SSSR count). The van der Waals surface area contributed by atoms with Crippen LogP contribution < -0.4 is 0 Å². The summed E-state index contributed by atoms with van der Waals surface area (Å²) in [5.41, 5.74) is 2.92. The molecular weight excluding hydrogens is 294 g/mol. The van der Waals surface area contributed by atoms with Crippen molar-refractivity contribution in [2.75, 3.05) is 0 Å². The Morgan fingerprint density at radius 3 is 2.32 bits per heavy atom. The van der Waals surface area contributed by atoms with Crippen molar-refractivity contribution in [3.8, 4) is 0 Å². The zero-order valence-corrected chi connectivity index (χ0v) is 14.5. The number of hydrogen-bond donors (Lipinski definition) is 0. The number of rotatable bonds is 7. The van der Waals surface area contributed by atoms with Gasteiger partial charge in [-0.3, -0.25) is 4.79 Å². The fourth-order valence-corrected chi connectivity index (χ4v) is 3.53. The molecule has 0 N–H and O–H groups in total. The van der Waals surface area contributed by atoms with Gasteiger partial charge in [0, 0.05) is 27.7 Å². The lowest BCUT2D eigenvalue weighted by Crippen LogP contribution is -2.12. The molecule has 0 bridgehead atoms. The zero-order valence-electron chi connectivity index (χ0n) is 13.7. The van der Waals surface area contributed by atoms with Crippen molar-refractivity contribution in [1.82, 2.24) is 5.16 Å². The summed E-state index contributed by atoms with van der Waals surface area (Å²) >= 11 is 1.74. The lowest BCUT2D eigenvalue weighted by molar-refractivity contribution is 0.0913. The molecule has 2 aromatic rings. The Morgan fingerprint density at radius 2 is 1.82 bits per heavy atom. The molecule has 4 heteroatoms. The van der Waals surface area contributed by atoms with Crippen LogP contribution in [0.4, 0.5) is 0 Å². The molecule has 118 valence electrons. The minimum Gasteiger partial charge on any atom is -0.361 e. The van der Waals surface area contributed by atoms with Crippen molar-refractivity contribution < 1.29 is 9.32 Å². The third kappa shape index (κ3) is 3.80. The first-order valence-corrected chi connectivity index (χ1v) is 8.74. The van der Waals surface area contributed by atoms with E-state index < -0.39 is 0 Å². The lowest BCUT2D eigenvalue weighted by Gasteiger charge is -2.11. The highest BCUT2D eigenvalue weighted by Gasteiger charge is 2.16. The Balaban J connectivity index is 2.02. The van der Waals surface area contributed by atoms with Crippen LogP contribution in [0.15, 0.2) is 33.7 Å². The van der Waals surface area contributed by atoms with Crippen molar-refractivity contribution in [2.24, 2.45) is 5.92 Å². The van der Waals surface area contributed by atoms with Gasteiger partial charge < -0.3 is 4.52 Å². The molecule has 0 fully saturated rings. The number of ketones is 1. The van der Waals surface area contributed by atoms with Crippen molar-refractivity contribution >= 4 is 17.5 Å². The molecule has 1 heterocycles. The second kappa shape index (κ2) is 7.63. The number of aromatic nitrogens is 1. The predicted octanol–water partition coefficient (Wildman–Crippen LogP) is 5.20. The first-order valence-electron chi connectivity index (χ1n) is 7.75. The fraction of sp³-hybridized carbons (Fsp3) is 0.444. The maximum atomic E-state index is 12.3. The van der Waals surface area contributed by atoms with E-state index in [1.54, 1.807) is 11.8 Å². The number of benzene rings is 1. The van der Waals surface area contributed by atoms with Crippen LogP contribution in [0, 0.1) is 19.8 Å². The molecular formula is C18H23NO2S. The lowest BCUT2D eigenvalue weighted by atomic mass is 9.93. The number of hydrogen-bond acceptors (Lipinski definition) is 4. The number of carbonyl (C=O) groups excluding carboxylic acids is 1. The fourth-order valence-electron chi connectivity index (χ4n) is 2.47. The summed E-state index contributed by atoms with van der Waals surface area (Å²) in [6.07, 6.45) is 1.80. The summed E-state index contributed by atoms with van der Waals surface area (Å²) in [7, 11) is 0. The summed E-state index contributed by atoms with van der Waals surface area (Å²) in [4.78, 5) is 13.5. The Bertz CT molecular complexity index is 608. The topological polar surface area (TPSA) is 43.1 Å². The summed E-state index contributed by atoms with van der Waals surface area (Å²) in [5.74, 6) is 2.11. The number of carbonyl (C=O) groups is 1. The van der Waals surface area contributed by atoms with Crippen LogP contribution in [0.1, 0.15) is 54.1 Å². The van der Waals surface area contributed by atoms with Crippen LogP contribution in [0.3, 0.4) is 0 Å². The van der Waals surface area contributed by atoms with E-state index in [-0.39, 0.29) is 11.7 Å². The largest absolute Gasteiger partial charge is 0.361 e. The molecule has 0 spiro atoms. The Hall–Kier alpha value is -1.55. The molecule has 0 aliphatic carbocycles. The highest BCUT2D eigenvalue weighted by atomic mass is 32.2. The van der Waals surface area contributed by atoms with Crippen LogP contribution in [0.5, 0.6) is 0 Å². The summed E-state index contributed by atoms with van der Waals surface area (Å²) < 4.78 is 5.18. The van der Waals surface area contributed by atoms with E-state index in [1.165, 1.54) is 0 Å². The van der Waals surface area contributed by atoms with Gasteiger partial charge in [0.15, 0.2) is 5.78 Å². The average molecular weight is 317 g/mol. The Morgan fingerprint density at radius 1 is 1.18 bits per heavy atom. The molecule has 3 nitrogen and oxygen atoms in total. The molecule has 1 aromatic heterocycles. The van der Waals surface area contributed by atoms with Gasteiger partial charge in [0.25, 0.3) is 0 Å². The van der Waals surface area contributed by atoms with E-state index in [9.17, 15) is 4.79 Å². The van der Waals surface area contributed by atoms with Crippen LogP contribution in [-0.4, -0.2) is 10.9 Å². The summed E-state index contributed by atoms with van der Waals surface area (Å²) in [6, 6.07) is 7.93. The highest BCUT2D eigenvalue weighted by molar-refractivity contribution is 7.98. The second-order valence-corrected chi connectivity index (χ2v) is 6.54. The van der Waals surface area contributed by atoms with Gasteiger partial charge in [-0.25, -0.2) is 0 Å². The van der Waals surface area contributed by atoms with Gasteiger partial charge in [-0.15, -0.1) is 11.8 Å². The van der Waals surface area contributed by atoms with Crippen molar-refractivity contribution in [1.29, 1.82) is 0 Å². The molecule has 0 radical (unpaired) electrons. The smallest absolute Gasteiger partial charge is 0.165 e. The monoisotopic (exact) mass is 317 g/mol. The Kier molecular flexibility index (Phi) is 5.83. The minimum atomic E-state index is 0.140. The van der Waals surface area contributed by atoms with Crippen LogP contribution in [0.2, 0.25) is 0 Å². The highest BCUT2D eigenvalue weighted by Crippen LogP contribution is 2.27. The number of Topliss-reactive ketones (excluding diaryl/α,β-unsaturated/α-hetero) is 1. The molecule has 0 amide bonds. The summed E-state index contributed by atoms with van der Waals surface area (Å²) in [6.45, 7) is 8.04. The van der Waals surface area contributed by atoms with E-state index in [4.69, 9.17) is 4.52 Å². The molecule has 0 aliphatic rings. The van der Waals surface area contributed by atoms with Crippen molar-refractivity contribution in [3.63, 3.8) is 0 Å². The second-order valence-electron chi connectivity index (χ2n) is 5.49. The first kappa shape index (κ1) is 16.8. The normalized spacial score (nSPS) is 11.1. The molecule has 0 atom stereocenters. The zero-order chi connectivity index (χ0) is 16.1. The predicted molar refractivity (Wildman–Crippen MR) is 90.4 cm³/mol. The van der Waals surface area contributed by atoms with Crippen molar-refractivity contribution in [2.45, 2.75) is 51.2 Å². The quantitative estimate of drug-likeness (QED) is 0.520. The third-order valence-electron chi connectivity index (χ3n) is 4.06. The standard InChI is InChI=1S/C18H23NO2S/c1-5-14(6-2)18(20)15-7-9-16(10-8-15)22-11-17-12(3)19-21-13(17)4/h7-10,14H,5-6,11H2,1-4H3. The van der Waals surface area contributed by atoms with Gasteiger partial charge in [0.1, 0.15) is 5.76 Å². The van der Waals surface area contributed by atoms with E-state index in [0.717, 1.165) is 46.1 Å². The number of aryl methyl sites for hydroxylation is 2. The molecule has 0 saturated heterocycles. The molecule has 1 aromatic carbocycles. The van der Waals surface area contributed by atoms with Gasteiger partial charge in [0.05, 0.1) is 5.69 Å².